The van der Waals surface area contributed by atoms with Crippen LogP contribution in [0.5, 0.6) is 0 Å². The Morgan fingerprint density at radius 3 is 2.39 bits per heavy atom. The summed E-state index contributed by atoms with van der Waals surface area (Å²) >= 11 is 0. The monoisotopic (exact) mass is 353 g/mol. The van der Waals surface area contributed by atoms with Gasteiger partial charge >= 0.3 is 0 Å². The van der Waals surface area contributed by atoms with Crippen molar-refractivity contribution in [1.29, 1.82) is 0 Å². The first kappa shape index (κ1) is 14.8. The molecule has 0 radical (unpaired) electrons. The molecule has 0 atom stereocenters. The van der Waals surface area contributed by atoms with Crippen LogP contribution >= 0.6 is 0 Å². The smallest absolute Gasteiger partial charge is 0.227 e. The number of carbonyl (C=O) groups is 1. The summed E-state index contributed by atoms with van der Waals surface area (Å²) in [5.41, 5.74) is 3.05. The number of aromatic nitrogens is 1. The van der Waals surface area contributed by atoms with Gasteiger partial charge in [0, 0.05) is 17.7 Å². The lowest BCUT2D eigenvalue weighted by molar-refractivity contribution is -0.683. The van der Waals surface area contributed by atoms with E-state index in [0.717, 1.165) is 11.1 Å². The van der Waals surface area contributed by atoms with Crippen LogP contribution in [0.3, 0.4) is 0 Å². The number of hydrogen-bond acceptors (Lipinski definition) is 1. The predicted octanol–water partition coefficient (Wildman–Crippen LogP) is -0.522. The van der Waals surface area contributed by atoms with Crippen LogP contribution in [0.25, 0.3) is 0 Å². The third-order valence-corrected chi connectivity index (χ3v) is 2.79. The Morgan fingerprint density at radius 1 is 1.11 bits per heavy atom. The van der Waals surface area contributed by atoms with Gasteiger partial charge in [-0.25, -0.2) is 0 Å². The molecular formula is C15H16INO. The average Bonchev–Trinajstić information content (AvgIpc) is 2.30. The zero-order chi connectivity index (χ0) is 12.3. The highest BCUT2D eigenvalue weighted by molar-refractivity contribution is 5.96. The molecule has 0 saturated carbocycles. The molecule has 0 aliphatic carbocycles. The molecule has 94 valence electrons. The lowest BCUT2D eigenvalue weighted by Gasteiger charge is -2.03. The van der Waals surface area contributed by atoms with Gasteiger partial charge in [-0.15, -0.1) is 0 Å². The van der Waals surface area contributed by atoms with Crippen LogP contribution in [0.1, 0.15) is 21.5 Å². The third-order valence-electron chi connectivity index (χ3n) is 2.79. The number of pyridine rings is 1. The first-order valence-electron chi connectivity index (χ1n) is 5.71. The summed E-state index contributed by atoms with van der Waals surface area (Å²) in [7, 11) is 0. The zero-order valence-corrected chi connectivity index (χ0v) is 12.7. The van der Waals surface area contributed by atoms with Gasteiger partial charge in [-0.2, -0.15) is 4.57 Å². The summed E-state index contributed by atoms with van der Waals surface area (Å²) in [6.45, 7) is 4.41. The molecule has 0 aliphatic heterocycles. The molecule has 2 aromatic rings. The molecule has 0 amide bonds. The molecule has 3 heteroatoms. The van der Waals surface area contributed by atoms with Crippen molar-refractivity contribution in [3.05, 3.63) is 65.5 Å². The summed E-state index contributed by atoms with van der Waals surface area (Å²) in [4.78, 5) is 12.1. The molecule has 0 spiro atoms. The number of nitrogens with zero attached hydrogens (tertiary/aromatic N) is 1. The van der Waals surface area contributed by atoms with Crippen LogP contribution in [0.15, 0.2) is 48.8 Å². The predicted molar refractivity (Wildman–Crippen MR) is 66.9 cm³/mol. The maximum atomic E-state index is 12.1. The minimum atomic E-state index is 0. The van der Waals surface area contributed by atoms with Crippen molar-refractivity contribution in [2.45, 2.75) is 20.4 Å². The van der Waals surface area contributed by atoms with Gasteiger partial charge in [0.2, 0.25) is 12.3 Å². The second-order valence-electron chi connectivity index (χ2n) is 4.29. The Balaban J connectivity index is 0.00000162. The molecule has 0 aliphatic rings. The van der Waals surface area contributed by atoms with E-state index in [2.05, 4.69) is 0 Å². The van der Waals surface area contributed by atoms with Crippen molar-refractivity contribution in [2.75, 3.05) is 0 Å². The van der Waals surface area contributed by atoms with Gasteiger partial charge < -0.3 is 24.0 Å². The van der Waals surface area contributed by atoms with E-state index in [-0.39, 0.29) is 29.8 Å². The fourth-order valence-electron chi connectivity index (χ4n) is 1.92. The van der Waals surface area contributed by atoms with E-state index in [0.29, 0.717) is 6.54 Å². The lowest BCUT2D eigenvalue weighted by Crippen LogP contribution is -3.00. The number of aryl methyl sites for hydroxylation is 2. The van der Waals surface area contributed by atoms with Crippen LogP contribution in [-0.4, -0.2) is 5.78 Å². The van der Waals surface area contributed by atoms with Crippen molar-refractivity contribution in [3.8, 4) is 0 Å². The first-order valence-corrected chi connectivity index (χ1v) is 5.71. The standard InChI is InChI=1S/C15H16NO.HI/c1-12-6-7-14(13(2)10-12)15(17)11-16-8-4-3-5-9-16;/h3-10H,11H2,1-2H3;1H/q+1;/p-1. The quantitative estimate of drug-likeness (QED) is 0.413. The number of halogens is 1. The van der Waals surface area contributed by atoms with E-state index in [4.69, 9.17) is 0 Å². The minimum absolute atomic E-state index is 0. The Bertz CT molecular complexity index is 537. The SMILES string of the molecule is Cc1ccc(C(=O)C[n+]2ccccc2)c(C)c1.[I-]. The first-order chi connectivity index (χ1) is 8.16. The molecule has 1 heterocycles. The largest absolute Gasteiger partial charge is 1.00 e. The lowest BCUT2D eigenvalue weighted by atomic mass is 10.0. The Kier molecular flexibility index (Phi) is 5.47. The van der Waals surface area contributed by atoms with Crippen molar-refractivity contribution >= 4 is 5.78 Å². The Labute approximate surface area is 125 Å². The average molecular weight is 353 g/mol. The molecule has 18 heavy (non-hydrogen) atoms. The van der Waals surface area contributed by atoms with E-state index in [1.54, 1.807) is 0 Å². The Hall–Kier alpha value is -1.23. The normalized spacial score (nSPS) is 9.67. The third kappa shape index (κ3) is 3.63. The van der Waals surface area contributed by atoms with E-state index in [1.165, 1.54) is 5.56 Å². The molecule has 0 bridgehead atoms. The van der Waals surface area contributed by atoms with Gasteiger partial charge in [-0.05, 0) is 19.4 Å². The van der Waals surface area contributed by atoms with E-state index in [1.807, 2.05) is 67.2 Å². The zero-order valence-electron chi connectivity index (χ0n) is 10.6. The number of carbonyl (C=O) groups excluding carboxylic acids is 1. The van der Waals surface area contributed by atoms with Crippen LogP contribution in [0, 0.1) is 13.8 Å². The van der Waals surface area contributed by atoms with Crippen LogP contribution < -0.4 is 28.5 Å². The van der Waals surface area contributed by atoms with Crippen molar-refractivity contribution in [1.82, 2.24) is 0 Å². The van der Waals surface area contributed by atoms with E-state index >= 15 is 0 Å². The maximum Gasteiger partial charge on any atom is 0.227 e. The summed E-state index contributed by atoms with van der Waals surface area (Å²) in [6.07, 6.45) is 3.81. The summed E-state index contributed by atoms with van der Waals surface area (Å²) in [5.74, 6) is 0.152. The van der Waals surface area contributed by atoms with Gasteiger partial charge in [0.05, 0.1) is 0 Å². The van der Waals surface area contributed by atoms with Crippen molar-refractivity contribution in [2.24, 2.45) is 0 Å². The highest BCUT2D eigenvalue weighted by Crippen LogP contribution is 2.11. The number of benzene rings is 1. The minimum Gasteiger partial charge on any atom is -1.00 e. The van der Waals surface area contributed by atoms with Gasteiger partial charge in [-0.1, -0.05) is 29.8 Å². The van der Waals surface area contributed by atoms with Crippen LogP contribution in [0.4, 0.5) is 0 Å². The maximum absolute atomic E-state index is 12.1. The van der Waals surface area contributed by atoms with Gasteiger partial charge in [0.25, 0.3) is 0 Å². The molecule has 0 saturated heterocycles. The van der Waals surface area contributed by atoms with E-state index in [9.17, 15) is 4.79 Å². The molecule has 2 rings (SSSR count). The van der Waals surface area contributed by atoms with Gasteiger partial charge in [0.15, 0.2) is 12.4 Å². The highest BCUT2D eigenvalue weighted by atomic mass is 127. The number of hydrogen-bond donors (Lipinski definition) is 0. The second kappa shape index (κ2) is 6.64. The fourth-order valence-corrected chi connectivity index (χ4v) is 1.92. The second-order valence-corrected chi connectivity index (χ2v) is 4.29. The molecule has 0 fully saturated rings. The summed E-state index contributed by atoms with van der Waals surface area (Å²) in [5, 5.41) is 0. The molecule has 0 N–H and O–H groups in total. The fraction of sp³-hybridized carbons (Fsp3) is 0.200. The Morgan fingerprint density at radius 2 is 1.78 bits per heavy atom. The van der Waals surface area contributed by atoms with Crippen LogP contribution in [0.2, 0.25) is 0 Å². The highest BCUT2D eigenvalue weighted by Gasteiger charge is 2.13. The van der Waals surface area contributed by atoms with Gasteiger partial charge in [0.1, 0.15) is 0 Å². The molecule has 1 aromatic carbocycles. The summed E-state index contributed by atoms with van der Waals surface area (Å²) in [6, 6.07) is 11.7. The van der Waals surface area contributed by atoms with Crippen molar-refractivity contribution < 1.29 is 33.3 Å². The van der Waals surface area contributed by atoms with E-state index < -0.39 is 0 Å². The number of rotatable bonds is 3. The molecule has 2 nitrogen and oxygen atoms in total. The topological polar surface area (TPSA) is 20.9 Å². The van der Waals surface area contributed by atoms with Crippen LogP contribution in [-0.2, 0) is 6.54 Å². The number of Topliss-reactive ketones (excluding diaryl/α,β-unsaturated/α-hetero) is 1. The summed E-state index contributed by atoms with van der Waals surface area (Å²) < 4.78 is 1.89. The number of ketones is 1. The molecule has 1 aromatic heterocycles. The molecular weight excluding hydrogens is 337 g/mol. The molecule has 0 unspecified atom stereocenters. The van der Waals surface area contributed by atoms with Gasteiger partial charge in [-0.3, -0.25) is 4.79 Å². The van der Waals surface area contributed by atoms with Crippen molar-refractivity contribution in [3.63, 3.8) is 0 Å².